The lowest BCUT2D eigenvalue weighted by Gasteiger charge is -1.98. The predicted octanol–water partition coefficient (Wildman–Crippen LogP) is 3.73. The molecule has 0 atom stereocenters. The standard InChI is InChI=1S/C11H19N/c1-4-7-8-10-11(9-5-2)12-6-3/h5-6,9H,2,4,7-8,10H2,1,3H3/b11-9-,12-6?. The van der Waals surface area contributed by atoms with Crippen molar-refractivity contribution in [2.45, 2.75) is 39.5 Å². The number of unbranched alkanes of at least 4 members (excludes halogenated alkanes) is 2. The van der Waals surface area contributed by atoms with Crippen molar-refractivity contribution < 1.29 is 0 Å². The van der Waals surface area contributed by atoms with Crippen LogP contribution in [0.3, 0.4) is 0 Å². The summed E-state index contributed by atoms with van der Waals surface area (Å²) in [4.78, 5) is 4.25. The van der Waals surface area contributed by atoms with E-state index in [1.165, 1.54) is 19.3 Å². The maximum absolute atomic E-state index is 4.25. The summed E-state index contributed by atoms with van der Waals surface area (Å²) in [5, 5.41) is 0. The highest BCUT2D eigenvalue weighted by Crippen LogP contribution is 2.09. The number of allylic oxidation sites excluding steroid dienone is 3. The van der Waals surface area contributed by atoms with E-state index in [2.05, 4.69) is 18.5 Å². The van der Waals surface area contributed by atoms with E-state index in [-0.39, 0.29) is 0 Å². The lowest BCUT2D eigenvalue weighted by Crippen LogP contribution is -1.80. The van der Waals surface area contributed by atoms with Gasteiger partial charge in [-0.05, 0) is 25.8 Å². The summed E-state index contributed by atoms with van der Waals surface area (Å²) < 4.78 is 0. The second-order valence-corrected chi connectivity index (χ2v) is 2.74. The highest BCUT2D eigenvalue weighted by molar-refractivity contribution is 5.55. The van der Waals surface area contributed by atoms with Gasteiger partial charge in [-0.3, -0.25) is 4.99 Å². The molecule has 0 fully saturated rings. The summed E-state index contributed by atoms with van der Waals surface area (Å²) in [6.45, 7) is 7.81. The minimum atomic E-state index is 1.07. The Bertz CT molecular complexity index is 166. The SMILES string of the molecule is C=C/C=C(/CCCCC)N=CC. The number of hydrogen-bond acceptors (Lipinski definition) is 1. The van der Waals surface area contributed by atoms with Gasteiger partial charge in [0.1, 0.15) is 0 Å². The Balaban J connectivity index is 3.79. The molecule has 0 heterocycles. The molecule has 0 aliphatic rings. The summed E-state index contributed by atoms with van der Waals surface area (Å²) >= 11 is 0. The highest BCUT2D eigenvalue weighted by atomic mass is 14.7. The van der Waals surface area contributed by atoms with Gasteiger partial charge in [-0.2, -0.15) is 0 Å². The minimum Gasteiger partial charge on any atom is -0.266 e. The van der Waals surface area contributed by atoms with Crippen LogP contribution in [0.2, 0.25) is 0 Å². The lowest BCUT2D eigenvalue weighted by molar-refractivity contribution is 0.710. The van der Waals surface area contributed by atoms with Crippen LogP contribution in [0.15, 0.2) is 29.4 Å². The molecule has 0 aliphatic heterocycles. The Labute approximate surface area is 75.9 Å². The number of nitrogens with zero attached hydrogens (tertiary/aromatic N) is 1. The summed E-state index contributed by atoms with van der Waals surface area (Å²) in [7, 11) is 0. The molecular weight excluding hydrogens is 146 g/mol. The number of rotatable bonds is 6. The second kappa shape index (κ2) is 8.25. The number of aliphatic imine (C=N–C) groups is 1. The van der Waals surface area contributed by atoms with Gasteiger partial charge in [-0.25, -0.2) is 0 Å². The summed E-state index contributed by atoms with van der Waals surface area (Å²) in [5.41, 5.74) is 1.14. The van der Waals surface area contributed by atoms with Crippen molar-refractivity contribution in [2.75, 3.05) is 0 Å². The molecule has 68 valence electrons. The molecule has 0 bridgehead atoms. The van der Waals surface area contributed by atoms with Crippen LogP contribution in [0, 0.1) is 0 Å². The van der Waals surface area contributed by atoms with Crippen molar-refractivity contribution in [3.63, 3.8) is 0 Å². The van der Waals surface area contributed by atoms with Crippen molar-refractivity contribution in [3.8, 4) is 0 Å². The van der Waals surface area contributed by atoms with Gasteiger partial charge in [0.2, 0.25) is 0 Å². The fourth-order valence-corrected chi connectivity index (χ4v) is 1.05. The average molecular weight is 165 g/mol. The Morgan fingerprint density at radius 3 is 2.67 bits per heavy atom. The molecule has 0 saturated heterocycles. The van der Waals surface area contributed by atoms with E-state index >= 15 is 0 Å². The third-order valence-corrected chi connectivity index (χ3v) is 1.64. The van der Waals surface area contributed by atoms with Crippen LogP contribution in [-0.2, 0) is 0 Å². The molecule has 0 spiro atoms. The zero-order valence-corrected chi connectivity index (χ0v) is 8.21. The molecule has 0 aromatic heterocycles. The first kappa shape index (κ1) is 11.2. The monoisotopic (exact) mass is 165 g/mol. The second-order valence-electron chi connectivity index (χ2n) is 2.74. The van der Waals surface area contributed by atoms with E-state index in [0.717, 1.165) is 12.1 Å². The van der Waals surface area contributed by atoms with Gasteiger partial charge in [-0.1, -0.05) is 32.4 Å². The fraction of sp³-hybridized carbons (Fsp3) is 0.545. The molecule has 0 aliphatic carbocycles. The van der Waals surface area contributed by atoms with Crippen molar-refractivity contribution in [2.24, 2.45) is 4.99 Å². The summed E-state index contributed by atoms with van der Waals surface area (Å²) in [6.07, 6.45) is 10.5. The molecule has 0 N–H and O–H groups in total. The van der Waals surface area contributed by atoms with Crippen LogP contribution in [0.25, 0.3) is 0 Å². The van der Waals surface area contributed by atoms with Crippen molar-refractivity contribution >= 4 is 6.21 Å². The van der Waals surface area contributed by atoms with E-state index < -0.39 is 0 Å². The largest absolute Gasteiger partial charge is 0.266 e. The van der Waals surface area contributed by atoms with E-state index in [1.807, 2.05) is 19.2 Å². The molecule has 0 aromatic rings. The van der Waals surface area contributed by atoms with Crippen LogP contribution in [0.1, 0.15) is 39.5 Å². The van der Waals surface area contributed by atoms with Gasteiger partial charge in [0, 0.05) is 11.9 Å². The molecule has 1 nitrogen and oxygen atoms in total. The molecule has 0 radical (unpaired) electrons. The summed E-state index contributed by atoms with van der Waals surface area (Å²) in [6, 6.07) is 0. The Kier molecular flexibility index (Phi) is 7.66. The third-order valence-electron chi connectivity index (χ3n) is 1.64. The quantitative estimate of drug-likeness (QED) is 0.323. The Hall–Kier alpha value is -0.850. The molecule has 0 rings (SSSR count). The topological polar surface area (TPSA) is 12.4 Å². The van der Waals surface area contributed by atoms with Gasteiger partial charge < -0.3 is 0 Å². The zero-order valence-electron chi connectivity index (χ0n) is 8.21. The van der Waals surface area contributed by atoms with E-state index in [1.54, 1.807) is 6.08 Å². The third kappa shape index (κ3) is 5.90. The van der Waals surface area contributed by atoms with Crippen molar-refractivity contribution in [3.05, 3.63) is 24.4 Å². The summed E-state index contributed by atoms with van der Waals surface area (Å²) in [5.74, 6) is 0. The Morgan fingerprint density at radius 1 is 1.42 bits per heavy atom. The molecule has 0 aromatic carbocycles. The van der Waals surface area contributed by atoms with Gasteiger partial charge in [-0.15, -0.1) is 0 Å². The molecular formula is C11H19N. The van der Waals surface area contributed by atoms with Gasteiger partial charge in [0.15, 0.2) is 0 Å². The molecule has 0 amide bonds. The lowest BCUT2D eigenvalue weighted by atomic mass is 10.1. The first-order valence-corrected chi connectivity index (χ1v) is 4.65. The Morgan fingerprint density at radius 2 is 2.17 bits per heavy atom. The normalized spacial score (nSPS) is 12.3. The molecule has 0 unspecified atom stereocenters. The van der Waals surface area contributed by atoms with Crippen LogP contribution >= 0.6 is 0 Å². The maximum atomic E-state index is 4.25. The van der Waals surface area contributed by atoms with E-state index in [0.29, 0.717) is 0 Å². The first-order chi connectivity index (χ1) is 5.85. The first-order valence-electron chi connectivity index (χ1n) is 4.65. The van der Waals surface area contributed by atoms with Crippen LogP contribution in [0.5, 0.6) is 0 Å². The average Bonchev–Trinajstić information content (AvgIpc) is 2.06. The zero-order chi connectivity index (χ0) is 9.23. The van der Waals surface area contributed by atoms with Crippen LogP contribution in [-0.4, -0.2) is 6.21 Å². The minimum absolute atomic E-state index is 1.07. The maximum Gasteiger partial charge on any atom is 0.0399 e. The van der Waals surface area contributed by atoms with E-state index in [4.69, 9.17) is 0 Å². The highest BCUT2D eigenvalue weighted by Gasteiger charge is 1.91. The van der Waals surface area contributed by atoms with Crippen LogP contribution in [0.4, 0.5) is 0 Å². The van der Waals surface area contributed by atoms with Crippen molar-refractivity contribution in [1.82, 2.24) is 0 Å². The van der Waals surface area contributed by atoms with Gasteiger partial charge in [0.25, 0.3) is 0 Å². The fourth-order valence-electron chi connectivity index (χ4n) is 1.05. The molecule has 0 saturated carbocycles. The number of hydrogen-bond donors (Lipinski definition) is 0. The molecule has 1 heteroatoms. The van der Waals surface area contributed by atoms with Crippen molar-refractivity contribution in [1.29, 1.82) is 0 Å². The van der Waals surface area contributed by atoms with Crippen LogP contribution < -0.4 is 0 Å². The van der Waals surface area contributed by atoms with Gasteiger partial charge >= 0.3 is 0 Å². The smallest absolute Gasteiger partial charge is 0.0399 e. The predicted molar refractivity (Wildman–Crippen MR) is 56.6 cm³/mol. The van der Waals surface area contributed by atoms with E-state index in [9.17, 15) is 0 Å². The molecule has 12 heavy (non-hydrogen) atoms. The van der Waals surface area contributed by atoms with Gasteiger partial charge in [0.05, 0.1) is 0 Å².